The van der Waals surface area contributed by atoms with Gasteiger partial charge in [-0.3, -0.25) is 0 Å². The molecule has 0 unspecified atom stereocenters. The first-order valence-corrected chi connectivity index (χ1v) is 5.56. The summed E-state index contributed by atoms with van der Waals surface area (Å²) < 4.78 is 0. The van der Waals surface area contributed by atoms with Gasteiger partial charge in [-0.2, -0.15) is 0 Å². The molecule has 3 rings (SSSR count). The maximum atomic E-state index is 9.01. The van der Waals surface area contributed by atoms with E-state index < -0.39 is 0 Å². The highest BCUT2D eigenvalue weighted by Gasteiger charge is 2.53. The van der Waals surface area contributed by atoms with Crippen LogP contribution in [0.1, 0.15) is 24.3 Å². The van der Waals surface area contributed by atoms with E-state index in [0.717, 1.165) is 17.8 Å². The lowest BCUT2D eigenvalue weighted by atomic mass is 10.1. The molecule has 1 N–H and O–H groups in total. The lowest BCUT2D eigenvalue weighted by Crippen LogP contribution is -1.92. The van der Waals surface area contributed by atoms with Crippen molar-refractivity contribution < 1.29 is 5.11 Å². The molecular formula is C13H16O. The zero-order valence-corrected chi connectivity index (χ0v) is 8.26. The average molecular weight is 188 g/mol. The smallest absolute Gasteiger partial charge is 0.0462 e. The largest absolute Gasteiger partial charge is 0.396 e. The first kappa shape index (κ1) is 8.49. The number of aliphatic hydroxyl groups is 1. The molecule has 1 nitrogen and oxygen atoms in total. The molecule has 2 saturated carbocycles. The molecule has 0 spiro atoms. The zero-order valence-electron chi connectivity index (χ0n) is 8.26. The molecule has 0 heterocycles. The minimum atomic E-state index is 0.405. The van der Waals surface area contributed by atoms with Gasteiger partial charge in [-0.05, 0) is 42.1 Å². The van der Waals surface area contributed by atoms with E-state index in [1.165, 1.54) is 18.4 Å². The van der Waals surface area contributed by atoms with E-state index in [9.17, 15) is 0 Å². The molecule has 2 aliphatic carbocycles. The molecule has 0 saturated heterocycles. The van der Waals surface area contributed by atoms with Crippen molar-refractivity contribution in [1.82, 2.24) is 0 Å². The standard InChI is InChI=1S/C13H16O/c14-8-10-6-11(10)13-7-12(13)9-4-2-1-3-5-9/h1-5,10-14H,6-8H2/t10-,11+,12-,13-/m1/s1. The van der Waals surface area contributed by atoms with Crippen LogP contribution in [0.4, 0.5) is 0 Å². The lowest BCUT2D eigenvalue weighted by molar-refractivity contribution is 0.266. The molecule has 14 heavy (non-hydrogen) atoms. The Morgan fingerprint density at radius 1 is 1.07 bits per heavy atom. The van der Waals surface area contributed by atoms with E-state index in [4.69, 9.17) is 5.11 Å². The molecule has 2 fully saturated rings. The van der Waals surface area contributed by atoms with E-state index >= 15 is 0 Å². The molecule has 1 aromatic rings. The highest BCUT2D eigenvalue weighted by atomic mass is 16.3. The van der Waals surface area contributed by atoms with Crippen LogP contribution in [0, 0.1) is 17.8 Å². The summed E-state index contributed by atoms with van der Waals surface area (Å²) in [6.45, 7) is 0.405. The molecule has 0 aliphatic heterocycles. The molecular weight excluding hydrogens is 172 g/mol. The van der Waals surface area contributed by atoms with Crippen LogP contribution < -0.4 is 0 Å². The maximum absolute atomic E-state index is 9.01. The van der Waals surface area contributed by atoms with E-state index in [0.29, 0.717) is 12.5 Å². The quantitative estimate of drug-likeness (QED) is 0.772. The molecule has 4 atom stereocenters. The van der Waals surface area contributed by atoms with E-state index in [2.05, 4.69) is 30.3 Å². The van der Waals surface area contributed by atoms with Gasteiger partial charge in [-0.15, -0.1) is 0 Å². The monoisotopic (exact) mass is 188 g/mol. The van der Waals surface area contributed by atoms with Gasteiger partial charge in [0, 0.05) is 6.61 Å². The number of benzene rings is 1. The van der Waals surface area contributed by atoms with Gasteiger partial charge in [-0.1, -0.05) is 30.3 Å². The van der Waals surface area contributed by atoms with Gasteiger partial charge in [0.1, 0.15) is 0 Å². The van der Waals surface area contributed by atoms with Crippen LogP contribution in [0.2, 0.25) is 0 Å². The van der Waals surface area contributed by atoms with Gasteiger partial charge in [0.25, 0.3) is 0 Å². The van der Waals surface area contributed by atoms with Gasteiger partial charge in [0.05, 0.1) is 0 Å². The van der Waals surface area contributed by atoms with Crippen molar-refractivity contribution in [1.29, 1.82) is 0 Å². The Bertz CT molecular complexity index is 319. The number of hydrogen-bond donors (Lipinski definition) is 1. The van der Waals surface area contributed by atoms with Crippen molar-refractivity contribution in [2.45, 2.75) is 18.8 Å². The average Bonchev–Trinajstić information content (AvgIpc) is 3.12. The lowest BCUT2D eigenvalue weighted by Gasteiger charge is -1.98. The number of rotatable bonds is 3. The fourth-order valence-electron chi connectivity index (χ4n) is 2.78. The third-order valence-electron chi connectivity index (χ3n) is 3.83. The summed E-state index contributed by atoms with van der Waals surface area (Å²) in [5, 5.41) is 9.01. The molecule has 0 amide bonds. The second-order valence-electron chi connectivity index (χ2n) is 4.76. The molecule has 1 aromatic carbocycles. The van der Waals surface area contributed by atoms with Crippen LogP contribution in [0.25, 0.3) is 0 Å². The minimum absolute atomic E-state index is 0.405. The molecule has 2 aliphatic rings. The SMILES string of the molecule is OC[C@H]1C[C@@H]1[C@H]1C[C@@H]1c1ccccc1. The molecule has 0 bridgehead atoms. The first-order chi connectivity index (χ1) is 6.90. The summed E-state index contributed by atoms with van der Waals surface area (Å²) >= 11 is 0. The third kappa shape index (κ3) is 1.36. The van der Waals surface area contributed by atoms with Crippen LogP contribution in [0.3, 0.4) is 0 Å². The molecule has 1 heteroatoms. The topological polar surface area (TPSA) is 20.2 Å². The van der Waals surface area contributed by atoms with Gasteiger partial charge in [0.15, 0.2) is 0 Å². The zero-order chi connectivity index (χ0) is 9.54. The Labute approximate surface area is 84.8 Å². The van der Waals surface area contributed by atoms with E-state index in [1.807, 2.05) is 0 Å². The van der Waals surface area contributed by atoms with Crippen molar-refractivity contribution >= 4 is 0 Å². The van der Waals surface area contributed by atoms with Crippen molar-refractivity contribution in [3.63, 3.8) is 0 Å². The fraction of sp³-hybridized carbons (Fsp3) is 0.538. The van der Waals surface area contributed by atoms with Crippen LogP contribution in [-0.2, 0) is 0 Å². The van der Waals surface area contributed by atoms with Crippen molar-refractivity contribution in [3.05, 3.63) is 35.9 Å². The van der Waals surface area contributed by atoms with Gasteiger partial charge in [-0.25, -0.2) is 0 Å². The highest BCUT2D eigenvalue weighted by molar-refractivity contribution is 5.27. The Morgan fingerprint density at radius 2 is 1.86 bits per heavy atom. The van der Waals surface area contributed by atoms with Gasteiger partial charge in [0.2, 0.25) is 0 Å². The summed E-state index contributed by atoms with van der Waals surface area (Å²) in [6.07, 6.45) is 2.62. The Hall–Kier alpha value is -0.820. The summed E-state index contributed by atoms with van der Waals surface area (Å²) in [4.78, 5) is 0. The minimum Gasteiger partial charge on any atom is -0.396 e. The van der Waals surface area contributed by atoms with Gasteiger partial charge >= 0.3 is 0 Å². The van der Waals surface area contributed by atoms with Crippen LogP contribution >= 0.6 is 0 Å². The first-order valence-electron chi connectivity index (χ1n) is 5.56. The number of hydrogen-bond acceptors (Lipinski definition) is 1. The number of aliphatic hydroxyl groups excluding tert-OH is 1. The third-order valence-corrected chi connectivity index (χ3v) is 3.83. The van der Waals surface area contributed by atoms with E-state index in [-0.39, 0.29) is 0 Å². The summed E-state index contributed by atoms with van der Waals surface area (Å²) in [7, 11) is 0. The van der Waals surface area contributed by atoms with Crippen molar-refractivity contribution in [3.8, 4) is 0 Å². The normalized spacial score (nSPS) is 39.5. The van der Waals surface area contributed by atoms with Crippen molar-refractivity contribution in [2.24, 2.45) is 17.8 Å². The van der Waals surface area contributed by atoms with Crippen LogP contribution in [0.5, 0.6) is 0 Å². The van der Waals surface area contributed by atoms with E-state index in [1.54, 1.807) is 0 Å². The molecule has 0 aromatic heterocycles. The second-order valence-corrected chi connectivity index (χ2v) is 4.76. The Kier molecular flexibility index (Phi) is 1.88. The predicted octanol–water partition coefficient (Wildman–Crippen LogP) is 2.42. The fourth-order valence-corrected chi connectivity index (χ4v) is 2.78. The maximum Gasteiger partial charge on any atom is 0.0462 e. The molecule has 0 radical (unpaired) electrons. The second kappa shape index (κ2) is 3.09. The molecule has 74 valence electrons. The van der Waals surface area contributed by atoms with Crippen molar-refractivity contribution in [2.75, 3.05) is 6.61 Å². The Morgan fingerprint density at radius 3 is 2.50 bits per heavy atom. The Balaban J connectivity index is 1.64. The summed E-state index contributed by atoms with van der Waals surface area (Å²) in [5.41, 5.74) is 1.50. The predicted molar refractivity (Wildman–Crippen MR) is 56.0 cm³/mol. The summed E-state index contributed by atoms with van der Waals surface area (Å²) in [5.74, 6) is 3.16. The van der Waals surface area contributed by atoms with Crippen LogP contribution in [0.15, 0.2) is 30.3 Å². The van der Waals surface area contributed by atoms with Gasteiger partial charge < -0.3 is 5.11 Å². The van der Waals surface area contributed by atoms with Crippen LogP contribution in [-0.4, -0.2) is 11.7 Å². The highest BCUT2D eigenvalue weighted by Crippen LogP contribution is 2.61. The summed E-state index contributed by atoms with van der Waals surface area (Å²) in [6, 6.07) is 10.8.